The van der Waals surface area contributed by atoms with Crippen LogP contribution in [0.3, 0.4) is 0 Å². The number of hydrogen-bond donors (Lipinski definition) is 2. The van der Waals surface area contributed by atoms with E-state index in [-0.39, 0.29) is 12.6 Å². The molecule has 1 fully saturated rings. The van der Waals surface area contributed by atoms with Gasteiger partial charge in [0.2, 0.25) is 0 Å². The minimum Gasteiger partial charge on any atom is -0.394 e. The summed E-state index contributed by atoms with van der Waals surface area (Å²) in [5.74, 6) is 0. The SMILES string of the molecule is Cc1ccncc1C(CO)NC1CCCC1. The van der Waals surface area contributed by atoms with E-state index in [2.05, 4.69) is 17.2 Å². The molecule has 0 radical (unpaired) electrons. The van der Waals surface area contributed by atoms with Crippen molar-refractivity contribution >= 4 is 0 Å². The van der Waals surface area contributed by atoms with E-state index in [1.807, 2.05) is 12.3 Å². The van der Waals surface area contributed by atoms with Gasteiger partial charge in [0.25, 0.3) is 0 Å². The molecule has 0 spiro atoms. The summed E-state index contributed by atoms with van der Waals surface area (Å²) in [7, 11) is 0. The van der Waals surface area contributed by atoms with Crippen LogP contribution in [0.4, 0.5) is 0 Å². The number of nitrogens with zero attached hydrogens (tertiary/aromatic N) is 1. The molecule has 16 heavy (non-hydrogen) atoms. The Morgan fingerprint density at radius 2 is 2.25 bits per heavy atom. The number of nitrogens with one attached hydrogen (secondary N) is 1. The highest BCUT2D eigenvalue weighted by atomic mass is 16.3. The largest absolute Gasteiger partial charge is 0.394 e. The molecule has 1 atom stereocenters. The molecule has 1 aromatic rings. The topological polar surface area (TPSA) is 45.2 Å². The van der Waals surface area contributed by atoms with E-state index in [1.165, 1.54) is 31.2 Å². The molecule has 0 amide bonds. The summed E-state index contributed by atoms with van der Waals surface area (Å²) in [6.45, 7) is 2.21. The predicted molar refractivity (Wildman–Crippen MR) is 64.2 cm³/mol. The zero-order valence-corrected chi connectivity index (χ0v) is 9.82. The van der Waals surface area contributed by atoms with Crippen molar-refractivity contribution in [3.63, 3.8) is 0 Å². The van der Waals surface area contributed by atoms with Crippen molar-refractivity contribution in [2.24, 2.45) is 0 Å². The van der Waals surface area contributed by atoms with Crippen LogP contribution in [-0.4, -0.2) is 22.7 Å². The van der Waals surface area contributed by atoms with Crippen molar-refractivity contribution in [2.75, 3.05) is 6.61 Å². The van der Waals surface area contributed by atoms with Gasteiger partial charge in [-0.15, -0.1) is 0 Å². The minimum atomic E-state index is 0.0387. The second kappa shape index (κ2) is 5.41. The van der Waals surface area contributed by atoms with E-state index < -0.39 is 0 Å². The second-order valence-electron chi connectivity index (χ2n) is 4.62. The first-order valence-electron chi connectivity index (χ1n) is 6.08. The zero-order chi connectivity index (χ0) is 11.4. The molecular formula is C13H20N2O. The Morgan fingerprint density at radius 1 is 1.50 bits per heavy atom. The van der Waals surface area contributed by atoms with E-state index in [1.54, 1.807) is 6.20 Å². The highest BCUT2D eigenvalue weighted by molar-refractivity contribution is 5.25. The van der Waals surface area contributed by atoms with Crippen LogP contribution in [0.15, 0.2) is 18.5 Å². The first-order valence-corrected chi connectivity index (χ1v) is 6.08. The molecule has 3 heteroatoms. The summed E-state index contributed by atoms with van der Waals surface area (Å²) in [4.78, 5) is 4.14. The van der Waals surface area contributed by atoms with Crippen LogP contribution in [0.5, 0.6) is 0 Å². The predicted octanol–water partition coefficient (Wildman–Crippen LogP) is 1.96. The molecule has 88 valence electrons. The third-order valence-corrected chi connectivity index (χ3v) is 3.43. The van der Waals surface area contributed by atoms with Gasteiger partial charge in [-0.25, -0.2) is 0 Å². The Bertz CT molecular complexity index is 334. The summed E-state index contributed by atoms with van der Waals surface area (Å²) in [6, 6.07) is 2.60. The highest BCUT2D eigenvalue weighted by Crippen LogP contribution is 2.23. The van der Waals surface area contributed by atoms with Gasteiger partial charge in [-0.05, 0) is 37.0 Å². The van der Waals surface area contributed by atoms with Crippen molar-refractivity contribution < 1.29 is 5.11 Å². The number of rotatable bonds is 4. The molecule has 2 rings (SSSR count). The van der Waals surface area contributed by atoms with Gasteiger partial charge in [0, 0.05) is 18.4 Å². The number of aryl methyl sites for hydroxylation is 1. The summed E-state index contributed by atoms with van der Waals surface area (Å²) in [5, 5.41) is 13.0. The van der Waals surface area contributed by atoms with E-state index in [4.69, 9.17) is 0 Å². The van der Waals surface area contributed by atoms with Crippen molar-refractivity contribution in [2.45, 2.75) is 44.7 Å². The van der Waals surface area contributed by atoms with Crippen LogP contribution in [0.25, 0.3) is 0 Å². The highest BCUT2D eigenvalue weighted by Gasteiger charge is 2.20. The monoisotopic (exact) mass is 220 g/mol. The lowest BCUT2D eigenvalue weighted by atomic mass is 10.0. The smallest absolute Gasteiger partial charge is 0.0627 e. The average molecular weight is 220 g/mol. The molecule has 0 aliphatic heterocycles. The number of aromatic nitrogens is 1. The lowest BCUT2D eigenvalue weighted by Gasteiger charge is -2.22. The summed E-state index contributed by atoms with van der Waals surface area (Å²) in [5.41, 5.74) is 2.32. The van der Waals surface area contributed by atoms with Crippen LogP contribution in [0, 0.1) is 6.92 Å². The van der Waals surface area contributed by atoms with Crippen molar-refractivity contribution in [1.29, 1.82) is 0 Å². The van der Waals surface area contributed by atoms with E-state index in [0.29, 0.717) is 6.04 Å². The van der Waals surface area contributed by atoms with Crippen LogP contribution in [0.2, 0.25) is 0 Å². The lowest BCUT2D eigenvalue weighted by Crippen LogP contribution is -2.33. The maximum Gasteiger partial charge on any atom is 0.0627 e. The second-order valence-corrected chi connectivity index (χ2v) is 4.62. The number of hydrogen-bond acceptors (Lipinski definition) is 3. The van der Waals surface area contributed by atoms with Gasteiger partial charge in [-0.2, -0.15) is 0 Å². The standard InChI is InChI=1S/C13H20N2O/c1-10-6-7-14-8-12(10)13(9-16)15-11-4-2-3-5-11/h6-8,11,13,15-16H,2-5,9H2,1H3. The quantitative estimate of drug-likeness (QED) is 0.815. The minimum absolute atomic E-state index is 0.0387. The number of pyridine rings is 1. The van der Waals surface area contributed by atoms with Crippen molar-refractivity contribution in [3.05, 3.63) is 29.6 Å². The maximum atomic E-state index is 9.47. The van der Waals surface area contributed by atoms with Gasteiger partial charge in [0.05, 0.1) is 12.6 Å². The average Bonchev–Trinajstić information content (AvgIpc) is 2.80. The van der Waals surface area contributed by atoms with E-state index in [9.17, 15) is 5.11 Å². The van der Waals surface area contributed by atoms with Crippen LogP contribution in [0.1, 0.15) is 42.9 Å². The molecule has 1 aliphatic carbocycles. The maximum absolute atomic E-state index is 9.47. The number of aliphatic hydroxyl groups excluding tert-OH is 1. The molecule has 3 nitrogen and oxygen atoms in total. The molecule has 0 bridgehead atoms. The zero-order valence-electron chi connectivity index (χ0n) is 9.82. The van der Waals surface area contributed by atoms with Gasteiger partial charge in [0.15, 0.2) is 0 Å². The fourth-order valence-corrected chi connectivity index (χ4v) is 2.46. The molecule has 1 unspecified atom stereocenters. The molecule has 1 aromatic heterocycles. The first-order chi connectivity index (χ1) is 7.81. The molecule has 0 aromatic carbocycles. The fourth-order valence-electron chi connectivity index (χ4n) is 2.46. The first kappa shape index (κ1) is 11.6. The van der Waals surface area contributed by atoms with E-state index >= 15 is 0 Å². The third kappa shape index (κ3) is 2.60. The molecular weight excluding hydrogens is 200 g/mol. The normalized spacial score (nSPS) is 18.9. The van der Waals surface area contributed by atoms with Gasteiger partial charge in [0.1, 0.15) is 0 Å². The molecule has 2 N–H and O–H groups in total. The Balaban J connectivity index is 2.06. The molecule has 0 saturated heterocycles. The summed E-state index contributed by atoms with van der Waals surface area (Å²) in [6.07, 6.45) is 8.73. The van der Waals surface area contributed by atoms with Crippen LogP contribution in [-0.2, 0) is 0 Å². The Kier molecular flexibility index (Phi) is 3.91. The van der Waals surface area contributed by atoms with Gasteiger partial charge >= 0.3 is 0 Å². The Morgan fingerprint density at radius 3 is 2.88 bits per heavy atom. The van der Waals surface area contributed by atoms with Gasteiger partial charge in [-0.1, -0.05) is 12.8 Å². The summed E-state index contributed by atoms with van der Waals surface area (Å²) >= 11 is 0. The molecule has 1 aliphatic rings. The van der Waals surface area contributed by atoms with Crippen LogP contribution < -0.4 is 5.32 Å². The van der Waals surface area contributed by atoms with Crippen molar-refractivity contribution in [1.82, 2.24) is 10.3 Å². The summed E-state index contributed by atoms with van der Waals surface area (Å²) < 4.78 is 0. The van der Waals surface area contributed by atoms with Gasteiger partial charge < -0.3 is 10.4 Å². The van der Waals surface area contributed by atoms with Gasteiger partial charge in [-0.3, -0.25) is 4.98 Å². The third-order valence-electron chi connectivity index (χ3n) is 3.43. The van der Waals surface area contributed by atoms with Crippen molar-refractivity contribution in [3.8, 4) is 0 Å². The fraction of sp³-hybridized carbons (Fsp3) is 0.615. The van der Waals surface area contributed by atoms with E-state index in [0.717, 1.165) is 5.56 Å². The Labute approximate surface area is 96.9 Å². The molecule has 1 heterocycles. The lowest BCUT2D eigenvalue weighted by molar-refractivity contribution is 0.232. The molecule has 1 saturated carbocycles. The van der Waals surface area contributed by atoms with Crippen LogP contribution >= 0.6 is 0 Å². The Hall–Kier alpha value is -0.930. The number of aliphatic hydroxyl groups is 1.